The highest BCUT2D eigenvalue weighted by Crippen LogP contribution is 2.10. The van der Waals surface area contributed by atoms with E-state index in [0.717, 1.165) is 24.5 Å². The van der Waals surface area contributed by atoms with Crippen molar-refractivity contribution in [2.24, 2.45) is 5.92 Å². The summed E-state index contributed by atoms with van der Waals surface area (Å²) in [5.41, 5.74) is 0. The van der Waals surface area contributed by atoms with Gasteiger partial charge in [0.15, 0.2) is 0 Å². The van der Waals surface area contributed by atoms with Gasteiger partial charge in [0.1, 0.15) is 0 Å². The van der Waals surface area contributed by atoms with Crippen LogP contribution in [-0.2, 0) is 0 Å². The summed E-state index contributed by atoms with van der Waals surface area (Å²) in [6, 6.07) is 3.76. The van der Waals surface area contributed by atoms with Crippen LogP contribution in [-0.4, -0.2) is 25.5 Å². The third-order valence-corrected chi connectivity index (χ3v) is 3.56. The average molecular weight is 224 g/mol. The van der Waals surface area contributed by atoms with E-state index in [0.29, 0.717) is 5.92 Å². The highest BCUT2D eigenvalue weighted by molar-refractivity contribution is 7.12. The fourth-order valence-corrected chi connectivity index (χ4v) is 2.47. The molecule has 15 heavy (non-hydrogen) atoms. The average Bonchev–Trinajstić information content (AvgIpc) is 2.81. The molecule has 1 unspecified atom stereocenters. The predicted octanol–water partition coefficient (Wildman–Crippen LogP) is 1.48. The lowest BCUT2D eigenvalue weighted by molar-refractivity contribution is 0.0949. The van der Waals surface area contributed by atoms with E-state index >= 15 is 0 Å². The fraction of sp³-hybridized carbons (Fsp3) is 0.545. The van der Waals surface area contributed by atoms with Crippen molar-refractivity contribution in [3.05, 3.63) is 22.4 Å². The number of hydrogen-bond acceptors (Lipinski definition) is 3. The van der Waals surface area contributed by atoms with Gasteiger partial charge in [0.25, 0.3) is 5.91 Å². The summed E-state index contributed by atoms with van der Waals surface area (Å²) in [5, 5.41) is 8.26. The van der Waals surface area contributed by atoms with Crippen LogP contribution >= 0.6 is 11.3 Å². The highest BCUT2D eigenvalue weighted by atomic mass is 32.1. The third kappa shape index (κ3) is 3.04. The molecule has 0 radical (unpaired) electrons. The van der Waals surface area contributed by atoms with Crippen LogP contribution in [0.3, 0.4) is 0 Å². The third-order valence-electron chi connectivity index (χ3n) is 2.70. The summed E-state index contributed by atoms with van der Waals surface area (Å²) in [7, 11) is 0. The first kappa shape index (κ1) is 10.6. The molecule has 0 bridgehead atoms. The van der Waals surface area contributed by atoms with Gasteiger partial charge in [-0.15, -0.1) is 11.3 Å². The maximum absolute atomic E-state index is 11.6. The van der Waals surface area contributed by atoms with E-state index < -0.39 is 0 Å². The number of amides is 1. The molecule has 2 rings (SSSR count). The molecule has 1 aromatic rings. The zero-order valence-corrected chi connectivity index (χ0v) is 9.48. The van der Waals surface area contributed by atoms with Gasteiger partial charge < -0.3 is 10.6 Å². The number of carbonyl (C=O) groups excluding carboxylic acids is 1. The zero-order chi connectivity index (χ0) is 10.5. The summed E-state index contributed by atoms with van der Waals surface area (Å²) >= 11 is 1.49. The van der Waals surface area contributed by atoms with E-state index in [2.05, 4.69) is 10.6 Å². The Morgan fingerprint density at radius 3 is 3.27 bits per heavy atom. The topological polar surface area (TPSA) is 41.1 Å². The maximum Gasteiger partial charge on any atom is 0.261 e. The standard InChI is InChI=1S/C11H16N2OS/c14-11(10-4-2-6-15-10)13-8-9-3-1-5-12-7-9/h2,4,6,9,12H,1,3,5,7-8H2,(H,13,14). The van der Waals surface area contributed by atoms with Crippen LogP contribution in [0.15, 0.2) is 17.5 Å². The molecule has 2 N–H and O–H groups in total. The molecule has 4 heteroatoms. The second kappa shape index (κ2) is 5.28. The molecular formula is C11H16N2OS. The van der Waals surface area contributed by atoms with Gasteiger partial charge in [-0.2, -0.15) is 0 Å². The number of carbonyl (C=O) groups is 1. The fourth-order valence-electron chi connectivity index (χ4n) is 1.83. The lowest BCUT2D eigenvalue weighted by Gasteiger charge is -2.22. The van der Waals surface area contributed by atoms with Crippen LogP contribution in [0.2, 0.25) is 0 Å². The van der Waals surface area contributed by atoms with E-state index in [9.17, 15) is 4.79 Å². The van der Waals surface area contributed by atoms with E-state index in [1.54, 1.807) is 0 Å². The van der Waals surface area contributed by atoms with Crippen molar-refractivity contribution in [3.63, 3.8) is 0 Å². The van der Waals surface area contributed by atoms with Crippen LogP contribution in [0.4, 0.5) is 0 Å². The van der Waals surface area contributed by atoms with Crippen LogP contribution in [0.5, 0.6) is 0 Å². The first-order chi connectivity index (χ1) is 7.36. The number of thiophene rings is 1. The maximum atomic E-state index is 11.6. The molecule has 1 aromatic heterocycles. The van der Waals surface area contributed by atoms with Gasteiger partial charge in [0.05, 0.1) is 4.88 Å². The molecule has 1 aliphatic heterocycles. The minimum Gasteiger partial charge on any atom is -0.351 e. The van der Waals surface area contributed by atoms with Crippen LogP contribution < -0.4 is 10.6 Å². The number of nitrogens with one attached hydrogen (secondary N) is 2. The second-order valence-electron chi connectivity index (χ2n) is 3.90. The molecule has 0 spiro atoms. The Kier molecular flexibility index (Phi) is 3.75. The zero-order valence-electron chi connectivity index (χ0n) is 8.66. The van der Waals surface area contributed by atoms with Gasteiger partial charge in [0.2, 0.25) is 0 Å². The molecular weight excluding hydrogens is 208 g/mol. The summed E-state index contributed by atoms with van der Waals surface area (Å²) in [6.07, 6.45) is 2.44. The monoisotopic (exact) mass is 224 g/mol. The highest BCUT2D eigenvalue weighted by Gasteiger charge is 2.14. The molecule has 2 heterocycles. The van der Waals surface area contributed by atoms with Gasteiger partial charge in [-0.3, -0.25) is 4.79 Å². The van der Waals surface area contributed by atoms with E-state index in [-0.39, 0.29) is 5.91 Å². The van der Waals surface area contributed by atoms with Crippen molar-refractivity contribution in [3.8, 4) is 0 Å². The SMILES string of the molecule is O=C(NCC1CCCNC1)c1cccs1. The van der Waals surface area contributed by atoms with Crippen molar-refractivity contribution in [1.82, 2.24) is 10.6 Å². The first-order valence-electron chi connectivity index (χ1n) is 5.38. The molecule has 1 fully saturated rings. The van der Waals surface area contributed by atoms with Crippen LogP contribution in [0, 0.1) is 5.92 Å². The predicted molar refractivity (Wildman–Crippen MR) is 62.2 cm³/mol. The molecule has 3 nitrogen and oxygen atoms in total. The number of hydrogen-bond donors (Lipinski definition) is 2. The Labute approximate surface area is 93.9 Å². The van der Waals surface area contributed by atoms with Gasteiger partial charge in [0, 0.05) is 6.54 Å². The van der Waals surface area contributed by atoms with Crippen molar-refractivity contribution in [2.45, 2.75) is 12.8 Å². The lowest BCUT2D eigenvalue weighted by Crippen LogP contribution is -2.37. The molecule has 0 saturated carbocycles. The lowest BCUT2D eigenvalue weighted by atomic mass is 10.00. The Morgan fingerprint density at radius 1 is 1.67 bits per heavy atom. The largest absolute Gasteiger partial charge is 0.351 e. The minimum atomic E-state index is 0.0653. The summed E-state index contributed by atoms with van der Waals surface area (Å²) in [5.74, 6) is 0.665. The molecule has 82 valence electrons. The van der Waals surface area contributed by atoms with Crippen LogP contribution in [0.1, 0.15) is 22.5 Å². The van der Waals surface area contributed by atoms with Crippen molar-refractivity contribution >= 4 is 17.2 Å². The molecule has 1 amide bonds. The summed E-state index contributed by atoms with van der Waals surface area (Å²) in [4.78, 5) is 12.4. The quantitative estimate of drug-likeness (QED) is 0.816. The Hall–Kier alpha value is -0.870. The van der Waals surface area contributed by atoms with E-state index in [4.69, 9.17) is 0 Å². The Bertz CT molecular complexity index is 304. The molecule has 0 aromatic carbocycles. The summed E-state index contributed by atoms with van der Waals surface area (Å²) in [6.45, 7) is 2.95. The molecule has 1 atom stereocenters. The minimum absolute atomic E-state index is 0.0653. The van der Waals surface area contributed by atoms with Crippen molar-refractivity contribution < 1.29 is 4.79 Å². The van der Waals surface area contributed by atoms with E-state index in [1.165, 1.54) is 24.2 Å². The number of rotatable bonds is 3. The first-order valence-corrected chi connectivity index (χ1v) is 6.26. The molecule has 0 aliphatic carbocycles. The number of piperidine rings is 1. The Morgan fingerprint density at radius 2 is 2.60 bits per heavy atom. The van der Waals surface area contributed by atoms with Crippen molar-refractivity contribution in [1.29, 1.82) is 0 Å². The van der Waals surface area contributed by atoms with Gasteiger partial charge in [-0.05, 0) is 43.3 Å². The van der Waals surface area contributed by atoms with Gasteiger partial charge >= 0.3 is 0 Å². The normalized spacial score (nSPS) is 21.2. The van der Waals surface area contributed by atoms with Gasteiger partial charge in [-0.1, -0.05) is 6.07 Å². The van der Waals surface area contributed by atoms with Gasteiger partial charge in [-0.25, -0.2) is 0 Å². The van der Waals surface area contributed by atoms with Crippen LogP contribution in [0.25, 0.3) is 0 Å². The van der Waals surface area contributed by atoms with E-state index in [1.807, 2.05) is 17.5 Å². The smallest absolute Gasteiger partial charge is 0.261 e. The second-order valence-corrected chi connectivity index (χ2v) is 4.85. The van der Waals surface area contributed by atoms with Crippen molar-refractivity contribution in [2.75, 3.05) is 19.6 Å². The molecule has 1 aliphatic rings. The summed E-state index contributed by atoms with van der Waals surface area (Å²) < 4.78 is 0. The molecule has 1 saturated heterocycles. The Balaban J connectivity index is 1.75.